The first-order valence-electron chi connectivity index (χ1n) is 15.5. The minimum absolute atomic E-state index is 0.0716. The highest BCUT2D eigenvalue weighted by atomic mass is 16.3. The van der Waals surface area contributed by atoms with Crippen LogP contribution in [0.25, 0.3) is 0 Å². The van der Waals surface area contributed by atoms with E-state index in [4.69, 9.17) is 0 Å². The molecule has 0 bridgehead atoms. The van der Waals surface area contributed by atoms with Gasteiger partial charge >= 0.3 is 0 Å². The predicted octanol–water partition coefficient (Wildman–Crippen LogP) is 5.75. The van der Waals surface area contributed by atoms with E-state index in [1.54, 1.807) is 6.92 Å². The molecule has 218 valence electrons. The van der Waals surface area contributed by atoms with Crippen LogP contribution in [0.3, 0.4) is 0 Å². The number of carbonyl (C=O) groups is 1. The van der Waals surface area contributed by atoms with Gasteiger partial charge in [-0.15, -0.1) is 0 Å². The fraction of sp³-hybridized carbons (Fsp3) is 0.629. The Balaban J connectivity index is 1.28. The fourth-order valence-electron chi connectivity index (χ4n) is 8.79. The number of carbonyl (C=O) groups excluding carboxylic acids is 1. The number of hydrogen-bond donors (Lipinski definition) is 3. The summed E-state index contributed by atoms with van der Waals surface area (Å²) in [6.45, 7) is 11.3. The van der Waals surface area contributed by atoms with Gasteiger partial charge in [-0.1, -0.05) is 68.5 Å². The van der Waals surface area contributed by atoms with Crippen molar-refractivity contribution in [1.29, 1.82) is 0 Å². The smallest absolute Gasteiger partial charge is 0.254 e. The summed E-state index contributed by atoms with van der Waals surface area (Å²) in [5, 5.41) is 31.4. The van der Waals surface area contributed by atoms with Crippen molar-refractivity contribution >= 4 is 5.91 Å². The lowest BCUT2D eigenvalue weighted by molar-refractivity contribution is -0.142. The quantitative estimate of drug-likeness (QED) is 0.406. The lowest BCUT2D eigenvalue weighted by atomic mass is 9.60. The van der Waals surface area contributed by atoms with E-state index in [0.29, 0.717) is 43.6 Å². The Bertz CT molecular complexity index is 1150. The maximum atomic E-state index is 13.2. The van der Waals surface area contributed by atoms with Gasteiger partial charge in [0, 0.05) is 25.4 Å². The second kappa shape index (κ2) is 11.6. The highest BCUT2D eigenvalue weighted by Gasteiger charge is 2.53. The SMILES string of the molecule is C=C1C(=CC=C2CCC[C@]3(C)[C@@H]([C@H](C)CC4CC(C)(O)C(=O)N4CCc4ccccc4)CC[C@@H]23)C[C@@H](O)C[C@@H]1O. The fourth-order valence-corrected chi connectivity index (χ4v) is 8.79. The van der Waals surface area contributed by atoms with Gasteiger partial charge in [-0.25, -0.2) is 0 Å². The number of nitrogens with zero attached hydrogens (tertiary/aromatic N) is 1. The molecule has 8 atom stereocenters. The number of allylic oxidation sites excluding steroid dienone is 3. The Hall–Kier alpha value is -2.21. The molecule has 1 saturated heterocycles. The monoisotopic (exact) mass is 547 g/mol. The van der Waals surface area contributed by atoms with Gasteiger partial charge in [0.1, 0.15) is 5.60 Å². The molecule has 2 unspecified atom stereocenters. The molecule has 1 aromatic carbocycles. The summed E-state index contributed by atoms with van der Waals surface area (Å²) in [5.74, 6) is 1.46. The van der Waals surface area contributed by atoms with Crippen molar-refractivity contribution < 1.29 is 20.1 Å². The zero-order chi connectivity index (χ0) is 28.7. The third-order valence-electron chi connectivity index (χ3n) is 10.9. The van der Waals surface area contributed by atoms with Crippen LogP contribution in [0, 0.1) is 23.2 Å². The lowest BCUT2D eigenvalue weighted by Gasteiger charge is -2.45. The molecular formula is C35H49NO4. The van der Waals surface area contributed by atoms with Crippen LogP contribution < -0.4 is 0 Å². The second-order valence-electron chi connectivity index (χ2n) is 13.7. The maximum Gasteiger partial charge on any atom is 0.254 e. The summed E-state index contributed by atoms with van der Waals surface area (Å²) < 4.78 is 0. The highest BCUT2D eigenvalue weighted by molar-refractivity contribution is 5.87. The Morgan fingerprint density at radius 3 is 2.65 bits per heavy atom. The Kier molecular flexibility index (Phi) is 8.48. The van der Waals surface area contributed by atoms with Gasteiger partial charge in [0.05, 0.1) is 12.2 Å². The molecule has 40 heavy (non-hydrogen) atoms. The van der Waals surface area contributed by atoms with Crippen molar-refractivity contribution in [3.63, 3.8) is 0 Å². The van der Waals surface area contributed by atoms with Crippen molar-refractivity contribution in [3.05, 3.63) is 71.3 Å². The summed E-state index contributed by atoms with van der Waals surface area (Å²) in [4.78, 5) is 15.2. The van der Waals surface area contributed by atoms with E-state index < -0.39 is 17.8 Å². The van der Waals surface area contributed by atoms with E-state index >= 15 is 0 Å². The molecule has 3 saturated carbocycles. The number of fused-ring (bicyclic) bond motifs is 1. The van der Waals surface area contributed by atoms with E-state index in [-0.39, 0.29) is 17.4 Å². The normalized spacial score (nSPS) is 39.2. The highest BCUT2D eigenvalue weighted by Crippen LogP contribution is 2.60. The van der Waals surface area contributed by atoms with Crippen molar-refractivity contribution in [1.82, 2.24) is 4.90 Å². The van der Waals surface area contributed by atoms with E-state index in [1.165, 1.54) is 36.8 Å². The predicted molar refractivity (Wildman–Crippen MR) is 159 cm³/mol. The molecule has 0 radical (unpaired) electrons. The molecule has 0 aromatic heterocycles. The van der Waals surface area contributed by atoms with Gasteiger partial charge in [-0.05, 0) is 98.2 Å². The maximum absolute atomic E-state index is 13.2. The van der Waals surface area contributed by atoms with Crippen LogP contribution in [0.15, 0.2) is 65.8 Å². The number of aliphatic hydroxyl groups is 3. The molecule has 1 aromatic rings. The molecule has 5 rings (SSSR count). The molecule has 0 spiro atoms. The Morgan fingerprint density at radius 1 is 1.15 bits per heavy atom. The molecule has 1 aliphatic heterocycles. The molecule has 3 N–H and O–H groups in total. The van der Waals surface area contributed by atoms with Crippen molar-refractivity contribution in [3.8, 4) is 0 Å². The molecule has 3 aliphatic carbocycles. The summed E-state index contributed by atoms with van der Waals surface area (Å²) in [7, 11) is 0. The van der Waals surface area contributed by atoms with Crippen molar-refractivity contribution in [2.45, 2.75) is 109 Å². The van der Waals surface area contributed by atoms with Gasteiger partial charge < -0.3 is 20.2 Å². The zero-order valence-electron chi connectivity index (χ0n) is 24.7. The zero-order valence-corrected chi connectivity index (χ0v) is 24.7. The first kappa shape index (κ1) is 29.3. The standard InChI is InChI=1S/C35H49NO4/c1-23(19-28-22-35(4,40)33(39)36(28)18-16-25-9-6-5-7-10-25)30-14-15-31-26(11-8-17-34(30,31)3)12-13-27-20-29(37)21-32(38)24(27)2/h5-7,9-10,12-13,23,28-32,37-38,40H,2,8,11,14-22H2,1,3-4H3/t23-,28?,29-,30-,31+,32+,34-,35?/m1/s1. The van der Waals surface area contributed by atoms with Crippen molar-refractivity contribution in [2.24, 2.45) is 23.2 Å². The number of hydrogen-bond acceptors (Lipinski definition) is 4. The van der Waals surface area contributed by atoms with E-state index in [2.05, 4.69) is 44.7 Å². The number of rotatable bonds is 7. The van der Waals surface area contributed by atoms with Crippen LogP contribution in [-0.4, -0.2) is 56.5 Å². The first-order chi connectivity index (χ1) is 19.0. The topological polar surface area (TPSA) is 81.0 Å². The molecule has 4 aliphatic rings. The number of aliphatic hydroxyl groups excluding tert-OH is 2. The van der Waals surface area contributed by atoms with Crippen LogP contribution in [-0.2, 0) is 11.2 Å². The molecule has 5 heteroatoms. The largest absolute Gasteiger partial charge is 0.393 e. The van der Waals surface area contributed by atoms with Gasteiger partial charge in [0.15, 0.2) is 0 Å². The number of likely N-dealkylation sites (tertiary alicyclic amines) is 1. The molecular weight excluding hydrogens is 498 g/mol. The van der Waals surface area contributed by atoms with E-state index in [1.807, 2.05) is 23.1 Å². The minimum Gasteiger partial charge on any atom is -0.393 e. The third-order valence-corrected chi connectivity index (χ3v) is 10.9. The van der Waals surface area contributed by atoms with Crippen molar-refractivity contribution in [2.75, 3.05) is 6.54 Å². The summed E-state index contributed by atoms with van der Waals surface area (Å²) in [6, 6.07) is 10.4. The van der Waals surface area contributed by atoms with E-state index in [9.17, 15) is 20.1 Å². The average molecular weight is 548 g/mol. The molecule has 1 heterocycles. The van der Waals surface area contributed by atoms with Gasteiger partial charge in [0.25, 0.3) is 5.91 Å². The van der Waals surface area contributed by atoms with Crippen LogP contribution in [0.1, 0.15) is 84.1 Å². The average Bonchev–Trinajstić information content (AvgIpc) is 3.37. The van der Waals surface area contributed by atoms with Gasteiger partial charge in [-0.3, -0.25) is 4.79 Å². The second-order valence-corrected chi connectivity index (χ2v) is 13.7. The molecule has 5 nitrogen and oxygen atoms in total. The van der Waals surface area contributed by atoms with E-state index in [0.717, 1.165) is 30.4 Å². The third kappa shape index (κ3) is 5.75. The summed E-state index contributed by atoms with van der Waals surface area (Å²) >= 11 is 0. The summed E-state index contributed by atoms with van der Waals surface area (Å²) in [6.07, 6.45) is 12.3. The minimum atomic E-state index is -1.28. The Morgan fingerprint density at radius 2 is 1.90 bits per heavy atom. The number of benzene rings is 1. The number of amides is 1. The van der Waals surface area contributed by atoms with Crippen LogP contribution >= 0.6 is 0 Å². The van der Waals surface area contributed by atoms with Gasteiger partial charge in [0.2, 0.25) is 0 Å². The van der Waals surface area contributed by atoms with Gasteiger partial charge in [-0.2, -0.15) is 0 Å². The van der Waals surface area contributed by atoms with Crippen LogP contribution in [0.5, 0.6) is 0 Å². The molecule has 1 amide bonds. The lowest BCUT2D eigenvalue weighted by Crippen LogP contribution is -2.41. The molecule has 4 fully saturated rings. The summed E-state index contributed by atoms with van der Waals surface area (Å²) in [5.41, 5.74) is 3.39. The van der Waals surface area contributed by atoms with Crippen LogP contribution in [0.4, 0.5) is 0 Å². The van der Waals surface area contributed by atoms with Crippen LogP contribution in [0.2, 0.25) is 0 Å². The first-order valence-corrected chi connectivity index (χ1v) is 15.5. The Labute approximate surface area is 240 Å².